The molecule has 0 aliphatic rings. The van der Waals surface area contributed by atoms with Gasteiger partial charge in [-0.1, -0.05) is 12.1 Å². The number of tetrazole rings is 1. The lowest BCUT2D eigenvalue weighted by Crippen LogP contribution is -2.25. The van der Waals surface area contributed by atoms with Crippen LogP contribution in [0.15, 0.2) is 42.5 Å². The second kappa shape index (κ2) is 7.05. The van der Waals surface area contributed by atoms with Gasteiger partial charge in [-0.05, 0) is 41.6 Å². The average Bonchev–Trinajstić information content (AvgIpc) is 3.08. The number of nitrogens with one attached hydrogen (secondary N) is 1. The molecule has 1 N–H and O–H groups in total. The fraction of sp³-hybridized carbons (Fsp3) is 0.125. The van der Waals surface area contributed by atoms with E-state index in [4.69, 9.17) is 0 Å². The fourth-order valence-corrected chi connectivity index (χ4v) is 2.45. The van der Waals surface area contributed by atoms with Gasteiger partial charge in [0, 0.05) is 17.2 Å². The number of nitro groups is 1. The van der Waals surface area contributed by atoms with E-state index < -0.39 is 16.6 Å². The van der Waals surface area contributed by atoms with E-state index in [1.54, 1.807) is 6.07 Å². The van der Waals surface area contributed by atoms with Crippen LogP contribution in [-0.2, 0) is 6.54 Å². The number of rotatable bonds is 5. The summed E-state index contributed by atoms with van der Waals surface area (Å²) in [6.07, 6.45) is 0. The minimum Gasteiger partial charge on any atom is -0.345 e. The minimum atomic E-state index is -0.545. The van der Waals surface area contributed by atoms with Crippen LogP contribution in [0.3, 0.4) is 0 Å². The van der Waals surface area contributed by atoms with Gasteiger partial charge in [0.15, 0.2) is 5.82 Å². The monoisotopic (exact) mass is 356 g/mol. The second-order valence-corrected chi connectivity index (χ2v) is 5.38. The first-order chi connectivity index (χ1) is 12.5. The summed E-state index contributed by atoms with van der Waals surface area (Å²) in [6.45, 7) is 1.47. The molecule has 9 nitrogen and oxygen atoms in total. The van der Waals surface area contributed by atoms with Crippen LogP contribution in [0.25, 0.3) is 5.69 Å². The molecule has 0 aliphatic carbocycles. The largest absolute Gasteiger partial charge is 0.345 e. The molecule has 0 spiro atoms. The summed E-state index contributed by atoms with van der Waals surface area (Å²) in [5, 5.41) is 24.7. The fourth-order valence-electron chi connectivity index (χ4n) is 2.45. The van der Waals surface area contributed by atoms with Crippen molar-refractivity contribution in [3.05, 3.63) is 75.3 Å². The first kappa shape index (κ1) is 17.1. The third kappa shape index (κ3) is 3.38. The van der Waals surface area contributed by atoms with Gasteiger partial charge in [-0.15, -0.1) is 5.10 Å². The zero-order chi connectivity index (χ0) is 18.7. The van der Waals surface area contributed by atoms with Gasteiger partial charge in [-0.2, -0.15) is 4.68 Å². The van der Waals surface area contributed by atoms with E-state index in [1.807, 2.05) is 0 Å². The predicted octanol–water partition coefficient (Wildman–Crippen LogP) is 1.95. The summed E-state index contributed by atoms with van der Waals surface area (Å²) in [5.41, 5.74) is 0.719. The van der Waals surface area contributed by atoms with Gasteiger partial charge >= 0.3 is 0 Å². The molecule has 26 heavy (non-hydrogen) atoms. The van der Waals surface area contributed by atoms with Gasteiger partial charge in [-0.25, -0.2) is 4.39 Å². The van der Waals surface area contributed by atoms with E-state index in [2.05, 4.69) is 20.8 Å². The second-order valence-electron chi connectivity index (χ2n) is 5.38. The number of hydrogen-bond donors (Lipinski definition) is 1. The summed E-state index contributed by atoms with van der Waals surface area (Å²) in [7, 11) is 0. The molecular weight excluding hydrogens is 343 g/mol. The smallest absolute Gasteiger partial charge is 0.273 e. The van der Waals surface area contributed by atoms with Crippen molar-refractivity contribution < 1.29 is 14.1 Å². The molecule has 0 saturated heterocycles. The Balaban J connectivity index is 1.79. The first-order valence-corrected chi connectivity index (χ1v) is 7.53. The van der Waals surface area contributed by atoms with E-state index >= 15 is 0 Å². The summed E-state index contributed by atoms with van der Waals surface area (Å²) >= 11 is 0. The number of nitro benzene ring substituents is 1. The van der Waals surface area contributed by atoms with Crippen molar-refractivity contribution in [2.24, 2.45) is 0 Å². The molecule has 1 aromatic heterocycles. The van der Waals surface area contributed by atoms with E-state index in [9.17, 15) is 19.3 Å². The third-order valence-electron chi connectivity index (χ3n) is 3.74. The number of carbonyl (C=O) groups excluding carboxylic acids is 1. The molecule has 3 aromatic rings. The Morgan fingerprint density at radius 1 is 1.31 bits per heavy atom. The summed E-state index contributed by atoms with van der Waals surface area (Å²) < 4.78 is 14.7. The average molecular weight is 356 g/mol. The van der Waals surface area contributed by atoms with Crippen molar-refractivity contribution >= 4 is 11.6 Å². The Morgan fingerprint density at radius 2 is 2.08 bits per heavy atom. The van der Waals surface area contributed by atoms with Crippen LogP contribution in [0, 0.1) is 22.9 Å². The molecule has 1 heterocycles. The van der Waals surface area contributed by atoms with Gasteiger partial charge < -0.3 is 5.32 Å². The highest BCUT2D eigenvalue weighted by Crippen LogP contribution is 2.21. The SMILES string of the molecule is Cc1c(C(=O)NCc2nnnn2-c2cccc(F)c2)cccc1[N+](=O)[O-]. The van der Waals surface area contributed by atoms with Crippen LogP contribution < -0.4 is 5.32 Å². The van der Waals surface area contributed by atoms with E-state index in [-0.39, 0.29) is 29.2 Å². The molecule has 2 aromatic carbocycles. The molecule has 0 radical (unpaired) electrons. The van der Waals surface area contributed by atoms with E-state index in [0.717, 1.165) is 0 Å². The normalized spacial score (nSPS) is 10.5. The Morgan fingerprint density at radius 3 is 2.81 bits per heavy atom. The highest BCUT2D eigenvalue weighted by atomic mass is 19.1. The zero-order valence-electron chi connectivity index (χ0n) is 13.6. The molecule has 1 amide bonds. The van der Waals surface area contributed by atoms with Crippen molar-refractivity contribution in [1.82, 2.24) is 25.5 Å². The number of carbonyl (C=O) groups is 1. The molecule has 0 fully saturated rings. The standard InChI is InChI=1S/C16H13FN6O3/c1-10-13(6-3-7-14(10)23(25)26)16(24)18-9-15-19-20-21-22(15)12-5-2-4-11(17)8-12/h2-8H,9H2,1H3,(H,18,24). The van der Waals surface area contributed by atoms with E-state index in [1.165, 1.54) is 48.0 Å². The van der Waals surface area contributed by atoms with Crippen LogP contribution in [-0.4, -0.2) is 31.0 Å². The molecule has 10 heteroatoms. The number of hydrogen-bond acceptors (Lipinski definition) is 6. The van der Waals surface area contributed by atoms with Crippen molar-refractivity contribution in [3.63, 3.8) is 0 Å². The number of nitrogens with zero attached hydrogens (tertiary/aromatic N) is 5. The van der Waals surface area contributed by atoms with Gasteiger partial charge in [0.05, 0.1) is 17.2 Å². The predicted molar refractivity (Wildman–Crippen MR) is 88.1 cm³/mol. The quantitative estimate of drug-likeness (QED) is 0.552. The van der Waals surface area contributed by atoms with Crippen LogP contribution in [0.4, 0.5) is 10.1 Å². The maximum Gasteiger partial charge on any atom is 0.273 e. The van der Waals surface area contributed by atoms with Crippen molar-refractivity contribution in [3.8, 4) is 5.69 Å². The third-order valence-corrected chi connectivity index (χ3v) is 3.74. The van der Waals surface area contributed by atoms with Gasteiger partial charge in [0.25, 0.3) is 11.6 Å². The maximum absolute atomic E-state index is 13.4. The molecule has 0 saturated carbocycles. The summed E-state index contributed by atoms with van der Waals surface area (Å²) in [6, 6.07) is 9.95. The number of aromatic nitrogens is 4. The Kier molecular flexibility index (Phi) is 4.65. The van der Waals surface area contributed by atoms with Gasteiger partial charge in [-0.3, -0.25) is 14.9 Å². The number of halogens is 1. The zero-order valence-corrected chi connectivity index (χ0v) is 13.6. The summed E-state index contributed by atoms with van der Waals surface area (Å²) in [5.74, 6) is -0.660. The molecule has 132 valence electrons. The van der Waals surface area contributed by atoms with Crippen molar-refractivity contribution in [1.29, 1.82) is 0 Å². The molecule has 0 unspecified atom stereocenters. The molecule has 3 rings (SSSR count). The number of benzene rings is 2. The molecule has 0 atom stereocenters. The minimum absolute atomic E-state index is 0.0372. The Labute approximate surface area is 146 Å². The lowest BCUT2D eigenvalue weighted by atomic mass is 10.1. The van der Waals surface area contributed by atoms with E-state index in [0.29, 0.717) is 5.69 Å². The van der Waals surface area contributed by atoms with Crippen LogP contribution in [0.5, 0.6) is 0 Å². The lowest BCUT2D eigenvalue weighted by Gasteiger charge is -2.08. The molecular formula is C16H13FN6O3. The van der Waals surface area contributed by atoms with Crippen LogP contribution in [0.1, 0.15) is 21.7 Å². The van der Waals surface area contributed by atoms with Crippen LogP contribution in [0.2, 0.25) is 0 Å². The Hall–Kier alpha value is -3.69. The van der Waals surface area contributed by atoms with Crippen LogP contribution >= 0.6 is 0 Å². The molecule has 0 bridgehead atoms. The Bertz CT molecular complexity index is 988. The van der Waals surface area contributed by atoms with Gasteiger partial charge in [0.1, 0.15) is 5.82 Å². The summed E-state index contributed by atoms with van der Waals surface area (Å²) in [4.78, 5) is 22.8. The topological polar surface area (TPSA) is 116 Å². The highest BCUT2D eigenvalue weighted by Gasteiger charge is 2.18. The molecule has 0 aliphatic heterocycles. The lowest BCUT2D eigenvalue weighted by molar-refractivity contribution is -0.385. The van der Waals surface area contributed by atoms with Crippen molar-refractivity contribution in [2.45, 2.75) is 13.5 Å². The van der Waals surface area contributed by atoms with Crippen molar-refractivity contribution in [2.75, 3.05) is 0 Å². The van der Waals surface area contributed by atoms with Gasteiger partial charge in [0.2, 0.25) is 0 Å². The maximum atomic E-state index is 13.4. The number of amides is 1. The highest BCUT2D eigenvalue weighted by molar-refractivity contribution is 5.96. The first-order valence-electron chi connectivity index (χ1n) is 7.53.